The summed E-state index contributed by atoms with van der Waals surface area (Å²) >= 11 is 0. The highest BCUT2D eigenvalue weighted by Gasteiger charge is 2.44. The molecule has 2 aromatic rings. The van der Waals surface area contributed by atoms with Crippen LogP contribution in [-0.2, 0) is 7.05 Å². The van der Waals surface area contributed by atoms with Crippen LogP contribution in [0.4, 0.5) is 0 Å². The fraction of sp³-hybridized carbons (Fsp3) is 0.667. The fourth-order valence-corrected chi connectivity index (χ4v) is 3.32. The van der Waals surface area contributed by atoms with Crippen LogP contribution in [0.3, 0.4) is 0 Å². The molecule has 0 amide bonds. The third-order valence-electron chi connectivity index (χ3n) is 5.21. The van der Waals surface area contributed by atoms with Gasteiger partial charge < -0.3 is 10.3 Å². The summed E-state index contributed by atoms with van der Waals surface area (Å²) in [6, 6.07) is 0.247. The maximum Gasteiger partial charge on any atom is 0.230 e. The van der Waals surface area contributed by atoms with E-state index in [1.165, 1.54) is 0 Å². The van der Waals surface area contributed by atoms with Crippen LogP contribution in [0.2, 0.25) is 0 Å². The lowest BCUT2D eigenvalue weighted by molar-refractivity contribution is 0.0806. The average molecular weight is 289 g/mol. The van der Waals surface area contributed by atoms with E-state index in [4.69, 9.17) is 10.3 Å². The number of hydrogen-bond acceptors (Lipinski definition) is 5. The molecule has 3 rings (SSSR count). The first-order chi connectivity index (χ1) is 9.89. The minimum Gasteiger partial charge on any atom is -0.339 e. The zero-order valence-electron chi connectivity index (χ0n) is 13.1. The first kappa shape index (κ1) is 14.3. The lowest BCUT2D eigenvalue weighted by Crippen LogP contribution is -2.45. The minimum atomic E-state index is 0.0520. The smallest absolute Gasteiger partial charge is 0.230 e. The topological polar surface area (TPSA) is 82.8 Å². The molecule has 0 bridgehead atoms. The summed E-state index contributed by atoms with van der Waals surface area (Å²) in [5.74, 6) is 2.00. The van der Waals surface area contributed by atoms with Crippen molar-refractivity contribution in [3.8, 4) is 11.4 Å². The van der Waals surface area contributed by atoms with Gasteiger partial charge in [0.05, 0.1) is 11.8 Å². The third kappa shape index (κ3) is 2.37. The number of nitrogens with zero attached hydrogens (tertiary/aromatic N) is 4. The summed E-state index contributed by atoms with van der Waals surface area (Å²) in [4.78, 5) is 4.60. The van der Waals surface area contributed by atoms with Gasteiger partial charge in [-0.1, -0.05) is 25.9 Å². The van der Waals surface area contributed by atoms with E-state index in [-0.39, 0.29) is 17.4 Å². The zero-order valence-corrected chi connectivity index (χ0v) is 13.1. The highest BCUT2D eigenvalue weighted by molar-refractivity contribution is 5.51. The average Bonchev–Trinajstić information content (AvgIpc) is 3.05. The summed E-state index contributed by atoms with van der Waals surface area (Å²) in [6.45, 7) is 6.71. The van der Waals surface area contributed by atoms with Gasteiger partial charge in [0, 0.05) is 25.2 Å². The number of aryl methyl sites for hydroxylation is 1. The predicted octanol–water partition coefficient (Wildman–Crippen LogP) is 2.34. The predicted molar refractivity (Wildman–Crippen MR) is 79.4 cm³/mol. The van der Waals surface area contributed by atoms with E-state index in [1.54, 1.807) is 10.9 Å². The van der Waals surface area contributed by atoms with Crippen molar-refractivity contribution in [2.45, 2.75) is 45.6 Å². The van der Waals surface area contributed by atoms with E-state index in [0.717, 1.165) is 24.3 Å². The van der Waals surface area contributed by atoms with Gasteiger partial charge in [-0.05, 0) is 24.2 Å². The van der Waals surface area contributed by atoms with E-state index in [0.29, 0.717) is 11.7 Å². The Bertz CT molecular complexity index is 630. The number of rotatable bonds is 2. The molecule has 3 atom stereocenters. The van der Waals surface area contributed by atoms with Gasteiger partial charge >= 0.3 is 0 Å². The zero-order chi connectivity index (χ0) is 15.2. The molecule has 1 aliphatic carbocycles. The summed E-state index contributed by atoms with van der Waals surface area (Å²) in [5, 5.41) is 8.26. The van der Waals surface area contributed by atoms with Crippen LogP contribution in [0.25, 0.3) is 11.4 Å². The molecule has 0 aromatic carbocycles. The van der Waals surface area contributed by atoms with Crippen LogP contribution < -0.4 is 5.73 Å². The summed E-state index contributed by atoms with van der Waals surface area (Å²) in [5.41, 5.74) is 7.15. The summed E-state index contributed by atoms with van der Waals surface area (Å²) < 4.78 is 7.28. The van der Waals surface area contributed by atoms with Crippen LogP contribution in [0.15, 0.2) is 16.9 Å². The normalized spacial score (nSPS) is 28.7. The number of aromatic nitrogens is 4. The minimum absolute atomic E-state index is 0.0520. The Hall–Kier alpha value is -1.69. The molecule has 3 unspecified atom stereocenters. The molecule has 2 heterocycles. The molecule has 114 valence electrons. The van der Waals surface area contributed by atoms with Crippen molar-refractivity contribution in [3.05, 3.63) is 18.3 Å². The molecular weight excluding hydrogens is 266 g/mol. The van der Waals surface area contributed by atoms with Gasteiger partial charge in [0.15, 0.2) is 0 Å². The molecule has 0 spiro atoms. The van der Waals surface area contributed by atoms with Gasteiger partial charge in [0.25, 0.3) is 0 Å². The van der Waals surface area contributed by atoms with E-state index in [9.17, 15) is 0 Å². The first-order valence-corrected chi connectivity index (χ1v) is 7.48. The maximum atomic E-state index is 6.22. The molecule has 6 heteroatoms. The lowest BCUT2D eigenvalue weighted by atomic mass is 9.61. The van der Waals surface area contributed by atoms with Crippen molar-refractivity contribution < 1.29 is 4.52 Å². The maximum absolute atomic E-state index is 6.22. The van der Waals surface area contributed by atoms with Crippen molar-refractivity contribution in [3.63, 3.8) is 0 Å². The summed E-state index contributed by atoms with van der Waals surface area (Å²) in [6.07, 6.45) is 5.63. The molecule has 21 heavy (non-hydrogen) atoms. The van der Waals surface area contributed by atoms with E-state index in [2.05, 4.69) is 36.0 Å². The molecule has 1 fully saturated rings. The Balaban J connectivity index is 1.89. The fourth-order valence-electron chi connectivity index (χ4n) is 3.32. The molecule has 6 nitrogen and oxygen atoms in total. The number of hydrogen-bond donors (Lipinski definition) is 1. The van der Waals surface area contributed by atoms with Crippen molar-refractivity contribution in [1.29, 1.82) is 0 Å². The molecule has 0 aliphatic heterocycles. The standard InChI is InChI=1S/C15H23N5O/c1-9-12(16)6-5-11(15(9,2)3)14-18-13(19-21-14)10-7-17-20(4)8-10/h7-9,11-12H,5-6,16H2,1-4H3. The van der Waals surface area contributed by atoms with E-state index < -0.39 is 0 Å². The Morgan fingerprint density at radius 3 is 2.81 bits per heavy atom. The van der Waals surface area contributed by atoms with Crippen LogP contribution in [0.5, 0.6) is 0 Å². The van der Waals surface area contributed by atoms with Crippen LogP contribution in [0, 0.1) is 11.3 Å². The van der Waals surface area contributed by atoms with Gasteiger partial charge in [0.1, 0.15) is 0 Å². The van der Waals surface area contributed by atoms with Gasteiger partial charge in [0.2, 0.25) is 11.7 Å². The Kier molecular flexibility index (Phi) is 3.36. The van der Waals surface area contributed by atoms with Gasteiger partial charge in [-0.3, -0.25) is 4.68 Å². The highest BCUT2D eigenvalue weighted by Crippen LogP contribution is 2.49. The molecule has 1 aliphatic rings. The summed E-state index contributed by atoms with van der Waals surface area (Å²) in [7, 11) is 1.87. The monoisotopic (exact) mass is 289 g/mol. The SMILES string of the molecule is CC1C(N)CCC(c2nc(-c3cnn(C)c3)no2)C1(C)C. The van der Waals surface area contributed by atoms with Gasteiger partial charge in [-0.2, -0.15) is 10.1 Å². The second kappa shape index (κ2) is 4.94. The first-order valence-electron chi connectivity index (χ1n) is 7.48. The van der Waals surface area contributed by atoms with Crippen LogP contribution >= 0.6 is 0 Å². The van der Waals surface area contributed by atoms with Crippen molar-refractivity contribution >= 4 is 0 Å². The van der Waals surface area contributed by atoms with Crippen molar-refractivity contribution in [2.75, 3.05) is 0 Å². The Morgan fingerprint density at radius 2 is 2.14 bits per heavy atom. The number of nitrogens with two attached hydrogens (primary N) is 1. The lowest BCUT2D eigenvalue weighted by Gasteiger charge is -2.45. The van der Waals surface area contributed by atoms with E-state index in [1.807, 2.05) is 13.2 Å². The largest absolute Gasteiger partial charge is 0.339 e. The molecule has 1 saturated carbocycles. The van der Waals surface area contributed by atoms with Crippen molar-refractivity contribution in [1.82, 2.24) is 19.9 Å². The third-order valence-corrected chi connectivity index (χ3v) is 5.21. The Labute approximate surface area is 124 Å². The molecule has 2 aromatic heterocycles. The highest BCUT2D eigenvalue weighted by atomic mass is 16.5. The molecule has 0 saturated heterocycles. The molecular formula is C15H23N5O. The van der Waals surface area contributed by atoms with Gasteiger partial charge in [-0.25, -0.2) is 0 Å². The molecule has 2 N–H and O–H groups in total. The van der Waals surface area contributed by atoms with Gasteiger partial charge in [-0.15, -0.1) is 0 Å². The quantitative estimate of drug-likeness (QED) is 0.917. The second-order valence-corrected chi connectivity index (χ2v) is 6.76. The Morgan fingerprint density at radius 1 is 1.38 bits per heavy atom. The van der Waals surface area contributed by atoms with E-state index >= 15 is 0 Å². The van der Waals surface area contributed by atoms with Crippen molar-refractivity contribution in [2.24, 2.45) is 24.1 Å². The van der Waals surface area contributed by atoms with Crippen LogP contribution in [-0.4, -0.2) is 26.0 Å². The second-order valence-electron chi connectivity index (χ2n) is 6.76. The molecule has 0 radical (unpaired) electrons. The van der Waals surface area contributed by atoms with Crippen LogP contribution in [0.1, 0.15) is 45.4 Å².